The van der Waals surface area contributed by atoms with Crippen molar-refractivity contribution in [2.24, 2.45) is 0 Å². The quantitative estimate of drug-likeness (QED) is 0.833. The van der Waals surface area contributed by atoms with Crippen LogP contribution in [0.15, 0.2) is 48.5 Å². The SMILES string of the molecule is Cc1ccc(CCC(=O)N2CCN(Cc3ccccc3)CC2)cc1C. The van der Waals surface area contributed by atoms with Crippen molar-refractivity contribution < 1.29 is 4.79 Å². The first-order valence-corrected chi connectivity index (χ1v) is 9.22. The highest BCUT2D eigenvalue weighted by Crippen LogP contribution is 2.13. The molecule has 1 aliphatic heterocycles. The molecule has 1 aliphatic rings. The average molecular weight is 336 g/mol. The molecule has 3 heteroatoms. The van der Waals surface area contributed by atoms with Crippen molar-refractivity contribution in [2.45, 2.75) is 33.2 Å². The van der Waals surface area contributed by atoms with Gasteiger partial charge in [-0.15, -0.1) is 0 Å². The second-order valence-electron chi connectivity index (χ2n) is 7.06. The number of benzene rings is 2. The fraction of sp³-hybridized carbons (Fsp3) is 0.409. The van der Waals surface area contributed by atoms with Crippen molar-refractivity contribution >= 4 is 5.91 Å². The molecule has 1 saturated heterocycles. The molecule has 0 saturated carbocycles. The molecular weight excluding hydrogens is 308 g/mol. The van der Waals surface area contributed by atoms with Crippen LogP contribution in [-0.2, 0) is 17.8 Å². The van der Waals surface area contributed by atoms with E-state index in [4.69, 9.17) is 0 Å². The maximum absolute atomic E-state index is 12.5. The summed E-state index contributed by atoms with van der Waals surface area (Å²) >= 11 is 0. The lowest BCUT2D eigenvalue weighted by atomic mass is 10.0. The first kappa shape index (κ1) is 17.7. The van der Waals surface area contributed by atoms with E-state index < -0.39 is 0 Å². The zero-order valence-electron chi connectivity index (χ0n) is 15.4. The van der Waals surface area contributed by atoms with Gasteiger partial charge in [0, 0.05) is 39.1 Å². The van der Waals surface area contributed by atoms with Crippen LogP contribution in [0.5, 0.6) is 0 Å². The van der Waals surface area contributed by atoms with Crippen LogP contribution in [0.1, 0.15) is 28.7 Å². The van der Waals surface area contributed by atoms with Gasteiger partial charge in [-0.1, -0.05) is 48.5 Å². The molecule has 0 unspecified atom stereocenters. The molecule has 0 N–H and O–H groups in total. The molecule has 0 radical (unpaired) electrons. The van der Waals surface area contributed by atoms with Crippen molar-refractivity contribution in [3.05, 3.63) is 70.8 Å². The van der Waals surface area contributed by atoms with Crippen molar-refractivity contribution in [2.75, 3.05) is 26.2 Å². The Bertz CT molecular complexity index is 703. The zero-order valence-corrected chi connectivity index (χ0v) is 15.4. The number of hydrogen-bond acceptors (Lipinski definition) is 2. The predicted molar refractivity (Wildman–Crippen MR) is 103 cm³/mol. The highest BCUT2D eigenvalue weighted by molar-refractivity contribution is 5.76. The Labute approximate surface area is 151 Å². The zero-order chi connectivity index (χ0) is 17.6. The minimum absolute atomic E-state index is 0.289. The van der Waals surface area contributed by atoms with Gasteiger partial charge in [0.2, 0.25) is 5.91 Å². The fourth-order valence-corrected chi connectivity index (χ4v) is 3.37. The Morgan fingerprint density at radius 2 is 1.60 bits per heavy atom. The first-order chi connectivity index (χ1) is 12.1. The average Bonchev–Trinajstić information content (AvgIpc) is 2.64. The Morgan fingerprint density at radius 3 is 2.28 bits per heavy atom. The molecule has 2 aromatic carbocycles. The monoisotopic (exact) mass is 336 g/mol. The number of hydrogen-bond donors (Lipinski definition) is 0. The fourth-order valence-electron chi connectivity index (χ4n) is 3.37. The molecule has 25 heavy (non-hydrogen) atoms. The molecule has 0 spiro atoms. The molecule has 0 atom stereocenters. The summed E-state index contributed by atoms with van der Waals surface area (Å²) in [6.45, 7) is 8.85. The Hall–Kier alpha value is -2.13. The van der Waals surface area contributed by atoms with E-state index in [1.54, 1.807) is 0 Å². The molecular formula is C22H28N2O. The summed E-state index contributed by atoms with van der Waals surface area (Å²) in [6, 6.07) is 17.1. The minimum atomic E-state index is 0.289. The van der Waals surface area contributed by atoms with E-state index in [2.05, 4.69) is 67.3 Å². The summed E-state index contributed by atoms with van der Waals surface area (Å²) in [7, 11) is 0. The van der Waals surface area contributed by atoms with Crippen LogP contribution < -0.4 is 0 Å². The molecule has 0 aromatic heterocycles. The van der Waals surface area contributed by atoms with Gasteiger partial charge in [-0.05, 0) is 42.5 Å². The van der Waals surface area contributed by atoms with Crippen LogP contribution in [-0.4, -0.2) is 41.9 Å². The standard InChI is InChI=1S/C22H28N2O/c1-18-8-9-20(16-19(18)2)10-11-22(25)24-14-12-23(13-15-24)17-21-6-4-3-5-7-21/h3-9,16H,10-15,17H2,1-2H3. The van der Waals surface area contributed by atoms with Crippen LogP contribution >= 0.6 is 0 Å². The topological polar surface area (TPSA) is 23.6 Å². The van der Waals surface area contributed by atoms with Crippen LogP contribution in [0.4, 0.5) is 0 Å². The van der Waals surface area contributed by atoms with Crippen molar-refractivity contribution in [1.29, 1.82) is 0 Å². The maximum Gasteiger partial charge on any atom is 0.222 e. The summed E-state index contributed by atoms with van der Waals surface area (Å²) in [5.41, 5.74) is 5.22. The normalized spacial score (nSPS) is 15.4. The third-order valence-electron chi connectivity index (χ3n) is 5.17. The number of aryl methyl sites for hydroxylation is 3. The van der Waals surface area contributed by atoms with E-state index in [9.17, 15) is 4.79 Å². The van der Waals surface area contributed by atoms with Crippen molar-refractivity contribution in [3.8, 4) is 0 Å². The number of carbonyl (C=O) groups excluding carboxylic acids is 1. The minimum Gasteiger partial charge on any atom is -0.340 e. The number of rotatable bonds is 5. The highest BCUT2D eigenvalue weighted by Gasteiger charge is 2.20. The number of piperazine rings is 1. The number of nitrogens with zero attached hydrogens (tertiary/aromatic N) is 2. The number of carbonyl (C=O) groups is 1. The Balaban J connectivity index is 1.44. The molecule has 0 aliphatic carbocycles. The van der Waals surface area contributed by atoms with Crippen molar-refractivity contribution in [3.63, 3.8) is 0 Å². The summed E-state index contributed by atoms with van der Waals surface area (Å²) in [5.74, 6) is 0.289. The first-order valence-electron chi connectivity index (χ1n) is 9.22. The lowest BCUT2D eigenvalue weighted by Crippen LogP contribution is -2.48. The lowest BCUT2D eigenvalue weighted by molar-refractivity contribution is -0.133. The summed E-state index contributed by atoms with van der Waals surface area (Å²) in [4.78, 5) is 17.0. The molecule has 132 valence electrons. The van der Waals surface area contributed by atoms with E-state index in [1.165, 1.54) is 22.3 Å². The molecule has 2 aromatic rings. The summed E-state index contributed by atoms with van der Waals surface area (Å²) < 4.78 is 0. The Morgan fingerprint density at radius 1 is 0.880 bits per heavy atom. The van der Waals surface area contributed by atoms with Gasteiger partial charge in [0.25, 0.3) is 0 Å². The van der Waals surface area contributed by atoms with Gasteiger partial charge in [-0.2, -0.15) is 0 Å². The van der Waals surface area contributed by atoms with Gasteiger partial charge >= 0.3 is 0 Å². The second kappa shape index (κ2) is 8.30. The van der Waals surface area contributed by atoms with E-state index in [0.29, 0.717) is 6.42 Å². The van der Waals surface area contributed by atoms with Crippen molar-refractivity contribution in [1.82, 2.24) is 9.80 Å². The molecule has 3 rings (SSSR count). The van der Waals surface area contributed by atoms with Gasteiger partial charge in [0.15, 0.2) is 0 Å². The smallest absolute Gasteiger partial charge is 0.222 e. The van der Waals surface area contributed by atoms with Gasteiger partial charge in [0.1, 0.15) is 0 Å². The largest absolute Gasteiger partial charge is 0.340 e. The Kier molecular flexibility index (Phi) is 5.87. The summed E-state index contributed by atoms with van der Waals surface area (Å²) in [5, 5.41) is 0. The van der Waals surface area contributed by atoms with Gasteiger partial charge < -0.3 is 4.90 Å². The van der Waals surface area contributed by atoms with Gasteiger partial charge in [-0.25, -0.2) is 0 Å². The molecule has 1 fully saturated rings. The predicted octanol–water partition coefficient (Wildman–Crippen LogP) is 3.58. The van der Waals surface area contributed by atoms with E-state index in [1.807, 2.05) is 4.90 Å². The van der Waals surface area contributed by atoms with E-state index in [0.717, 1.165) is 39.1 Å². The van der Waals surface area contributed by atoms with E-state index >= 15 is 0 Å². The van der Waals surface area contributed by atoms with Gasteiger partial charge in [0.05, 0.1) is 0 Å². The second-order valence-corrected chi connectivity index (χ2v) is 7.06. The van der Waals surface area contributed by atoms with E-state index in [-0.39, 0.29) is 5.91 Å². The lowest BCUT2D eigenvalue weighted by Gasteiger charge is -2.34. The van der Waals surface area contributed by atoms with Crippen LogP contribution in [0.2, 0.25) is 0 Å². The van der Waals surface area contributed by atoms with Crippen LogP contribution in [0.25, 0.3) is 0 Å². The molecule has 1 amide bonds. The van der Waals surface area contributed by atoms with Crippen LogP contribution in [0.3, 0.4) is 0 Å². The third kappa shape index (κ3) is 4.93. The van der Waals surface area contributed by atoms with Gasteiger partial charge in [-0.3, -0.25) is 9.69 Å². The molecule has 0 bridgehead atoms. The summed E-state index contributed by atoms with van der Waals surface area (Å²) in [6.07, 6.45) is 1.45. The van der Waals surface area contributed by atoms with Crippen LogP contribution in [0, 0.1) is 13.8 Å². The maximum atomic E-state index is 12.5. The third-order valence-corrected chi connectivity index (χ3v) is 5.17. The number of amides is 1. The highest BCUT2D eigenvalue weighted by atomic mass is 16.2. The molecule has 3 nitrogen and oxygen atoms in total. The molecule has 1 heterocycles.